The number of aromatic nitrogens is 2. The summed E-state index contributed by atoms with van der Waals surface area (Å²) in [6.45, 7) is 6.06. The van der Waals surface area contributed by atoms with Crippen molar-refractivity contribution in [2.75, 3.05) is 5.32 Å². The molecule has 1 aromatic heterocycles. The van der Waals surface area contributed by atoms with Crippen LogP contribution in [-0.4, -0.2) is 16.1 Å². The molecular formula is C14H17N3O. The number of nitrogens with zero attached hydrogens (tertiary/aromatic N) is 1. The van der Waals surface area contributed by atoms with Gasteiger partial charge in [0, 0.05) is 17.6 Å². The standard InChI is InChI=1S/C14H17N3O/c1-9-6-10(2)14(11(3)7-9)16-13(18)8-12-4-5-15-17-12/h4-7H,8H2,1-3H3,(H,15,17)(H,16,18). The van der Waals surface area contributed by atoms with Crippen molar-refractivity contribution in [3.63, 3.8) is 0 Å². The first kappa shape index (κ1) is 12.4. The first-order valence-electron chi connectivity index (χ1n) is 5.92. The molecule has 1 heterocycles. The molecule has 0 unspecified atom stereocenters. The Kier molecular flexibility index (Phi) is 3.46. The summed E-state index contributed by atoms with van der Waals surface area (Å²) < 4.78 is 0. The maximum atomic E-state index is 11.9. The third-order valence-electron chi connectivity index (χ3n) is 2.85. The number of nitrogens with one attached hydrogen (secondary N) is 2. The molecule has 4 nitrogen and oxygen atoms in total. The van der Waals surface area contributed by atoms with Gasteiger partial charge in [0.2, 0.25) is 5.91 Å². The number of hydrogen-bond donors (Lipinski definition) is 2. The Hall–Kier alpha value is -2.10. The minimum absolute atomic E-state index is 0.0331. The lowest BCUT2D eigenvalue weighted by Crippen LogP contribution is -2.16. The number of benzene rings is 1. The number of anilines is 1. The average Bonchev–Trinajstić information content (AvgIpc) is 2.76. The van der Waals surface area contributed by atoms with Crippen LogP contribution in [0.2, 0.25) is 0 Å². The molecule has 18 heavy (non-hydrogen) atoms. The second kappa shape index (κ2) is 5.04. The molecule has 0 bridgehead atoms. The molecule has 2 rings (SSSR count). The summed E-state index contributed by atoms with van der Waals surface area (Å²) in [5.74, 6) is -0.0331. The van der Waals surface area contributed by atoms with E-state index in [9.17, 15) is 4.79 Å². The van der Waals surface area contributed by atoms with E-state index in [0.717, 1.165) is 22.5 Å². The van der Waals surface area contributed by atoms with Gasteiger partial charge in [0.15, 0.2) is 0 Å². The lowest BCUT2D eigenvalue weighted by atomic mass is 10.0. The molecule has 0 atom stereocenters. The molecule has 2 aromatic rings. The Morgan fingerprint density at radius 2 is 1.94 bits per heavy atom. The molecule has 2 N–H and O–H groups in total. The second-order valence-corrected chi connectivity index (χ2v) is 4.58. The first-order chi connectivity index (χ1) is 8.56. The number of hydrogen-bond acceptors (Lipinski definition) is 2. The summed E-state index contributed by atoms with van der Waals surface area (Å²) in [4.78, 5) is 11.9. The summed E-state index contributed by atoms with van der Waals surface area (Å²) in [6, 6.07) is 5.94. The van der Waals surface area contributed by atoms with Gasteiger partial charge in [-0.25, -0.2) is 0 Å². The van der Waals surface area contributed by atoms with Crippen molar-refractivity contribution in [1.29, 1.82) is 0 Å². The minimum atomic E-state index is -0.0331. The van der Waals surface area contributed by atoms with Gasteiger partial charge in [0.05, 0.1) is 6.42 Å². The van der Waals surface area contributed by atoms with E-state index in [1.54, 1.807) is 12.3 Å². The van der Waals surface area contributed by atoms with Crippen molar-refractivity contribution in [3.05, 3.63) is 46.8 Å². The van der Waals surface area contributed by atoms with Gasteiger partial charge in [-0.15, -0.1) is 0 Å². The molecule has 0 aliphatic rings. The molecule has 0 radical (unpaired) electrons. The Balaban J connectivity index is 2.12. The van der Waals surface area contributed by atoms with E-state index in [4.69, 9.17) is 0 Å². The second-order valence-electron chi connectivity index (χ2n) is 4.58. The molecule has 1 amide bonds. The molecule has 0 saturated carbocycles. The van der Waals surface area contributed by atoms with E-state index >= 15 is 0 Å². The topological polar surface area (TPSA) is 57.8 Å². The lowest BCUT2D eigenvalue weighted by molar-refractivity contribution is -0.115. The van der Waals surface area contributed by atoms with Gasteiger partial charge in [-0.05, 0) is 38.0 Å². The number of carbonyl (C=O) groups is 1. The lowest BCUT2D eigenvalue weighted by Gasteiger charge is -2.12. The quantitative estimate of drug-likeness (QED) is 0.870. The van der Waals surface area contributed by atoms with Crippen LogP contribution in [0.1, 0.15) is 22.4 Å². The third-order valence-corrected chi connectivity index (χ3v) is 2.85. The molecule has 0 fully saturated rings. The number of H-pyrrole nitrogens is 1. The van der Waals surface area contributed by atoms with E-state index < -0.39 is 0 Å². The summed E-state index contributed by atoms with van der Waals surface area (Å²) >= 11 is 0. The predicted octanol–water partition coefficient (Wildman–Crippen LogP) is 2.52. The van der Waals surface area contributed by atoms with Gasteiger partial charge in [-0.1, -0.05) is 17.7 Å². The van der Waals surface area contributed by atoms with Crippen LogP contribution in [0.25, 0.3) is 0 Å². The summed E-state index contributed by atoms with van der Waals surface area (Å²) in [5.41, 5.74) is 5.10. The predicted molar refractivity (Wildman–Crippen MR) is 71.6 cm³/mol. The molecule has 0 spiro atoms. The van der Waals surface area contributed by atoms with E-state index in [2.05, 4.69) is 34.6 Å². The first-order valence-corrected chi connectivity index (χ1v) is 5.92. The molecule has 94 valence electrons. The van der Waals surface area contributed by atoms with Crippen molar-refractivity contribution in [2.24, 2.45) is 0 Å². The zero-order valence-electron chi connectivity index (χ0n) is 10.9. The van der Waals surface area contributed by atoms with Crippen LogP contribution >= 0.6 is 0 Å². The highest BCUT2D eigenvalue weighted by molar-refractivity contribution is 5.93. The van der Waals surface area contributed by atoms with Crippen molar-refractivity contribution >= 4 is 11.6 Å². The Bertz CT molecular complexity index is 535. The summed E-state index contributed by atoms with van der Waals surface area (Å²) in [7, 11) is 0. The fourth-order valence-electron chi connectivity index (χ4n) is 2.12. The molecule has 0 saturated heterocycles. The van der Waals surface area contributed by atoms with Gasteiger partial charge in [0.1, 0.15) is 0 Å². The number of aryl methyl sites for hydroxylation is 3. The van der Waals surface area contributed by atoms with Crippen LogP contribution in [-0.2, 0) is 11.2 Å². The van der Waals surface area contributed by atoms with Gasteiger partial charge >= 0.3 is 0 Å². The molecular weight excluding hydrogens is 226 g/mol. The Labute approximate surface area is 106 Å². The minimum Gasteiger partial charge on any atom is -0.325 e. The SMILES string of the molecule is Cc1cc(C)c(NC(=O)Cc2ccn[nH]2)c(C)c1. The highest BCUT2D eigenvalue weighted by Gasteiger charge is 2.09. The number of aromatic amines is 1. The van der Waals surface area contributed by atoms with E-state index in [1.165, 1.54) is 5.56 Å². The normalized spacial score (nSPS) is 10.4. The van der Waals surface area contributed by atoms with Crippen LogP contribution in [0.15, 0.2) is 24.4 Å². The highest BCUT2D eigenvalue weighted by atomic mass is 16.1. The van der Waals surface area contributed by atoms with E-state index in [0.29, 0.717) is 6.42 Å². The average molecular weight is 243 g/mol. The van der Waals surface area contributed by atoms with Crippen molar-refractivity contribution in [1.82, 2.24) is 10.2 Å². The monoisotopic (exact) mass is 243 g/mol. The maximum absolute atomic E-state index is 11.9. The molecule has 1 aromatic carbocycles. The van der Waals surface area contributed by atoms with Gasteiger partial charge < -0.3 is 5.32 Å². The number of rotatable bonds is 3. The van der Waals surface area contributed by atoms with Crippen LogP contribution in [0.3, 0.4) is 0 Å². The largest absolute Gasteiger partial charge is 0.325 e. The van der Waals surface area contributed by atoms with Crippen LogP contribution in [0, 0.1) is 20.8 Å². The maximum Gasteiger partial charge on any atom is 0.230 e. The van der Waals surface area contributed by atoms with Crippen molar-refractivity contribution < 1.29 is 4.79 Å². The number of amides is 1. The summed E-state index contributed by atoms with van der Waals surface area (Å²) in [6.07, 6.45) is 1.96. The summed E-state index contributed by atoms with van der Waals surface area (Å²) in [5, 5.41) is 9.56. The van der Waals surface area contributed by atoms with Crippen LogP contribution < -0.4 is 5.32 Å². The molecule has 0 aliphatic carbocycles. The van der Waals surface area contributed by atoms with Crippen molar-refractivity contribution in [2.45, 2.75) is 27.2 Å². The van der Waals surface area contributed by atoms with Crippen molar-refractivity contribution in [3.8, 4) is 0 Å². The van der Waals surface area contributed by atoms with E-state index in [-0.39, 0.29) is 5.91 Å². The Morgan fingerprint density at radius 1 is 1.28 bits per heavy atom. The van der Waals surface area contributed by atoms with Gasteiger partial charge in [0.25, 0.3) is 0 Å². The molecule has 0 aliphatic heterocycles. The smallest absolute Gasteiger partial charge is 0.230 e. The fraction of sp³-hybridized carbons (Fsp3) is 0.286. The third kappa shape index (κ3) is 2.77. The zero-order chi connectivity index (χ0) is 13.1. The zero-order valence-corrected chi connectivity index (χ0v) is 10.9. The Morgan fingerprint density at radius 3 is 2.50 bits per heavy atom. The van der Waals surface area contributed by atoms with Gasteiger partial charge in [-0.3, -0.25) is 9.89 Å². The highest BCUT2D eigenvalue weighted by Crippen LogP contribution is 2.21. The van der Waals surface area contributed by atoms with Crippen LogP contribution in [0.4, 0.5) is 5.69 Å². The molecule has 4 heteroatoms. The fourth-order valence-corrected chi connectivity index (χ4v) is 2.12. The van der Waals surface area contributed by atoms with Crippen LogP contribution in [0.5, 0.6) is 0 Å². The van der Waals surface area contributed by atoms with E-state index in [1.807, 2.05) is 13.8 Å². The number of carbonyl (C=O) groups excluding carboxylic acids is 1. The van der Waals surface area contributed by atoms with Gasteiger partial charge in [-0.2, -0.15) is 5.10 Å².